The van der Waals surface area contributed by atoms with Crippen LogP contribution in [-0.2, 0) is 15.8 Å². The number of hydrogen-bond acceptors (Lipinski definition) is 4. The third-order valence-corrected chi connectivity index (χ3v) is 6.38. The molecule has 5 nitrogen and oxygen atoms in total. The van der Waals surface area contributed by atoms with Gasteiger partial charge >= 0.3 is 0 Å². The predicted molar refractivity (Wildman–Crippen MR) is 101 cm³/mol. The van der Waals surface area contributed by atoms with Crippen LogP contribution >= 0.6 is 11.6 Å². The molecule has 0 aliphatic carbocycles. The minimum absolute atomic E-state index is 0.0256. The van der Waals surface area contributed by atoms with Crippen molar-refractivity contribution < 1.29 is 13.2 Å². The summed E-state index contributed by atoms with van der Waals surface area (Å²) >= 11 is 5.95. The fourth-order valence-electron chi connectivity index (χ4n) is 3.03. The molecule has 0 amide bonds. The second-order valence-corrected chi connectivity index (χ2v) is 8.35. The van der Waals surface area contributed by atoms with Crippen LogP contribution in [0, 0.1) is 0 Å². The van der Waals surface area contributed by atoms with E-state index in [1.54, 1.807) is 35.7 Å². The smallest absolute Gasteiger partial charge is 0.218 e. The van der Waals surface area contributed by atoms with Gasteiger partial charge in [-0.1, -0.05) is 35.9 Å². The van der Waals surface area contributed by atoms with Gasteiger partial charge in [0.2, 0.25) is 10.0 Å². The van der Waals surface area contributed by atoms with E-state index in [9.17, 15) is 8.42 Å². The third kappa shape index (κ3) is 4.26. The van der Waals surface area contributed by atoms with Crippen LogP contribution in [0.15, 0.2) is 48.5 Å². The highest BCUT2D eigenvalue weighted by molar-refractivity contribution is 7.88. The van der Waals surface area contributed by atoms with Crippen molar-refractivity contribution in [2.45, 2.75) is 5.75 Å². The van der Waals surface area contributed by atoms with Crippen molar-refractivity contribution in [2.75, 3.05) is 38.2 Å². The highest BCUT2D eigenvalue weighted by Gasteiger charge is 2.28. The summed E-state index contributed by atoms with van der Waals surface area (Å²) in [6.07, 6.45) is 0. The van der Waals surface area contributed by atoms with E-state index in [4.69, 9.17) is 16.3 Å². The molecule has 0 bridgehead atoms. The number of piperazine rings is 1. The van der Waals surface area contributed by atoms with Crippen LogP contribution in [0.1, 0.15) is 5.56 Å². The first-order valence-corrected chi connectivity index (χ1v) is 10.1. The summed E-state index contributed by atoms with van der Waals surface area (Å²) in [4.78, 5) is 2.16. The van der Waals surface area contributed by atoms with Crippen molar-refractivity contribution in [1.29, 1.82) is 0 Å². The molecule has 1 aliphatic rings. The van der Waals surface area contributed by atoms with Gasteiger partial charge in [-0.15, -0.1) is 0 Å². The van der Waals surface area contributed by atoms with E-state index in [0.717, 1.165) is 11.4 Å². The minimum Gasteiger partial charge on any atom is -0.495 e. The highest BCUT2D eigenvalue weighted by atomic mass is 35.5. The number of nitrogens with zero attached hydrogens (tertiary/aromatic N) is 2. The molecule has 7 heteroatoms. The molecule has 1 fully saturated rings. The van der Waals surface area contributed by atoms with Crippen LogP contribution in [0.2, 0.25) is 5.02 Å². The van der Waals surface area contributed by atoms with Crippen LogP contribution < -0.4 is 9.64 Å². The average Bonchev–Trinajstić information content (AvgIpc) is 2.61. The fraction of sp³-hybridized carbons (Fsp3) is 0.333. The maximum absolute atomic E-state index is 12.7. The molecule has 0 aromatic heterocycles. The van der Waals surface area contributed by atoms with E-state index in [0.29, 0.717) is 36.8 Å². The van der Waals surface area contributed by atoms with Gasteiger partial charge in [-0.25, -0.2) is 8.42 Å². The molecule has 0 atom stereocenters. The predicted octanol–water partition coefficient (Wildman–Crippen LogP) is 3.00. The summed E-state index contributed by atoms with van der Waals surface area (Å²) in [5, 5.41) is 0.550. The van der Waals surface area contributed by atoms with Crippen LogP contribution in [0.3, 0.4) is 0 Å². The summed E-state index contributed by atoms with van der Waals surface area (Å²) < 4.78 is 32.3. The number of rotatable bonds is 5. The zero-order valence-electron chi connectivity index (χ0n) is 14.1. The van der Waals surface area contributed by atoms with Crippen molar-refractivity contribution >= 4 is 27.3 Å². The number of anilines is 1. The van der Waals surface area contributed by atoms with Gasteiger partial charge in [0.25, 0.3) is 0 Å². The summed E-state index contributed by atoms with van der Waals surface area (Å²) in [6, 6.07) is 14.8. The Balaban J connectivity index is 1.67. The molecule has 134 valence electrons. The van der Waals surface area contributed by atoms with Crippen molar-refractivity contribution in [2.24, 2.45) is 0 Å². The number of para-hydroxylation sites is 2. The van der Waals surface area contributed by atoms with E-state index in [1.807, 2.05) is 24.3 Å². The van der Waals surface area contributed by atoms with E-state index in [1.165, 1.54) is 0 Å². The molecule has 2 aromatic carbocycles. The van der Waals surface area contributed by atoms with E-state index >= 15 is 0 Å². The Kier molecular flexibility index (Phi) is 5.51. The molecule has 1 saturated heterocycles. The number of ether oxygens (including phenoxy) is 1. The first-order chi connectivity index (χ1) is 12.0. The van der Waals surface area contributed by atoms with Gasteiger partial charge in [0.15, 0.2) is 0 Å². The van der Waals surface area contributed by atoms with Gasteiger partial charge in [-0.3, -0.25) is 0 Å². The van der Waals surface area contributed by atoms with Crippen LogP contribution in [0.4, 0.5) is 5.69 Å². The third-order valence-electron chi connectivity index (χ3n) is 4.30. The molecule has 1 heterocycles. The lowest BCUT2D eigenvalue weighted by molar-refractivity contribution is 0.378. The van der Waals surface area contributed by atoms with Crippen molar-refractivity contribution in [1.82, 2.24) is 4.31 Å². The van der Waals surface area contributed by atoms with Crippen molar-refractivity contribution in [3.05, 3.63) is 59.1 Å². The molecule has 25 heavy (non-hydrogen) atoms. The second kappa shape index (κ2) is 7.64. The maximum atomic E-state index is 12.7. The molecule has 0 radical (unpaired) electrons. The molecule has 0 unspecified atom stereocenters. The average molecular weight is 381 g/mol. The van der Waals surface area contributed by atoms with Crippen LogP contribution in [0.25, 0.3) is 0 Å². The van der Waals surface area contributed by atoms with Crippen LogP contribution in [0.5, 0.6) is 5.75 Å². The fourth-order valence-corrected chi connectivity index (χ4v) is 4.74. The summed E-state index contributed by atoms with van der Waals surface area (Å²) in [6.45, 7) is 2.19. The van der Waals surface area contributed by atoms with E-state index in [2.05, 4.69) is 4.90 Å². The molecular weight excluding hydrogens is 360 g/mol. The first-order valence-electron chi connectivity index (χ1n) is 8.10. The van der Waals surface area contributed by atoms with Gasteiger partial charge in [0.05, 0.1) is 18.6 Å². The Hall–Kier alpha value is -1.76. The quantitative estimate of drug-likeness (QED) is 0.800. The van der Waals surface area contributed by atoms with Crippen molar-refractivity contribution in [3.8, 4) is 5.75 Å². The molecule has 2 aromatic rings. The van der Waals surface area contributed by atoms with Gasteiger partial charge < -0.3 is 9.64 Å². The number of halogens is 1. The van der Waals surface area contributed by atoms with Crippen molar-refractivity contribution in [3.63, 3.8) is 0 Å². The molecule has 0 spiro atoms. The van der Waals surface area contributed by atoms with Gasteiger partial charge in [-0.05, 0) is 29.8 Å². The SMILES string of the molecule is COc1ccccc1N1CCN(S(=O)(=O)Cc2cccc(Cl)c2)CC1. The van der Waals surface area contributed by atoms with Gasteiger partial charge in [0.1, 0.15) is 5.75 Å². The number of sulfonamides is 1. The Labute approximate surface area is 153 Å². The minimum atomic E-state index is -3.36. The summed E-state index contributed by atoms with van der Waals surface area (Å²) in [5.41, 5.74) is 1.71. The van der Waals surface area contributed by atoms with Gasteiger partial charge in [-0.2, -0.15) is 4.31 Å². The lowest BCUT2D eigenvalue weighted by atomic mass is 10.2. The largest absolute Gasteiger partial charge is 0.495 e. The molecule has 0 saturated carbocycles. The van der Waals surface area contributed by atoms with Gasteiger partial charge in [0, 0.05) is 31.2 Å². The van der Waals surface area contributed by atoms with E-state index < -0.39 is 10.0 Å². The standard InChI is InChI=1S/C18H21ClN2O3S/c1-24-18-8-3-2-7-17(18)20-9-11-21(12-10-20)25(22,23)14-15-5-4-6-16(19)13-15/h2-8,13H,9-12,14H2,1H3. The normalized spacial score (nSPS) is 16.0. The molecule has 3 rings (SSSR count). The molecule has 0 N–H and O–H groups in total. The molecule has 1 aliphatic heterocycles. The monoisotopic (exact) mass is 380 g/mol. The summed E-state index contributed by atoms with van der Waals surface area (Å²) in [7, 11) is -1.71. The lowest BCUT2D eigenvalue weighted by Crippen LogP contribution is -2.49. The Morgan fingerprint density at radius 2 is 1.76 bits per heavy atom. The Bertz CT molecular complexity index is 834. The maximum Gasteiger partial charge on any atom is 0.218 e. The highest BCUT2D eigenvalue weighted by Crippen LogP contribution is 2.29. The summed E-state index contributed by atoms with van der Waals surface area (Å²) in [5.74, 6) is 0.778. The second-order valence-electron chi connectivity index (χ2n) is 5.94. The van der Waals surface area contributed by atoms with E-state index in [-0.39, 0.29) is 5.75 Å². The zero-order valence-corrected chi connectivity index (χ0v) is 15.6. The number of hydrogen-bond donors (Lipinski definition) is 0. The number of benzene rings is 2. The molecular formula is C18H21ClN2O3S. The topological polar surface area (TPSA) is 49.9 Å². The lowest BCUT2D eigenvalue weighted by Gasteiger charge is -2.36. The number of methoxy groups -OCH3 is 1. The Morgan fingerprint density at radius 1 is 1.04 bits per heavy atom. The first kappa shape index (κ1) is 18.0. The Morgan fingerprint density at radius 3 is 2.44 bits per heavy atom. The van der Waals surface area contributed by atoms with Crippen LogP contribution in [-0.4, -0.2) is 46.0 Å². The zero-order chi connectivity index (χ0) is 17.9.